The number of pyridine rings is 1. The topological polar surface area (TPSA) is 50.0 Å². The molecule has 0 spiro atoms. The molecule has 0 N–H and O–H groups in total. The van der Waals surface area contributed by atoms with E-state index in [-0.39, 0.29) is 6.79 Å². The van der Waals surface area contributed by atoms with Crippen molar-refractivity contribution in [3.63, 3.8) is 0 Å². The van der Waals surface area contributed by atoms with Crippen molar-refractivity contribution in [1.82, 2.24) is 0 Å². The number of hydrogen-bond acceptors (Lipinski definition) is 5. The molecule has 4 aromatic rings. The summed E-state index contributed by atoms with van der Waals surface area (Å²) in [6.07, 6.45) is 2.07. The van der Waals surface area contributed by atoms with Crippen molar-refractivity contribution < 1.29 is 28.3 Å². The first-order valence-corrected chi connectivity index (χ1v) is 9.52. The SMILES string of the molecule is CCOc1cc2c3ccc(OC)c(OC)c3c[n+](C)c2c2cc3c(cc12)OCO3. The highest BCUT2D eigenvalue weighted by Gasteiger charge is 2.24. The number of hydrogen-bond donors (Lipinski definition) is 0. The number of aryl methyl sites for hydroxylation is 1. The van der Waals surface area contributed by atoms with Gasteiger partial charge in [-0.05, 0) is 37.3 Å². The third kappa shape index (κ3) is 2.52. The Hall–Kier alpha value is -3.41. The first-order valence-electron chi connectivity index (χ1n) is 9.52. The molecule has 0 amide bonds. The van der Waals surface area contributed by atoms with E-state index in [1.54, 1.807) is 14.2 Å². The molecular formula is C23H22NO5+. The molecule has 6 nitrogen and oxygen atoms in total. The van der Waals surface area contributed by atoms with Gasteiger partial charge in [0.25, 0.3) is 0 Å². The number of methoxy groups -OCH3 is 2. The molecule has 0 fully saturated rings. The van der Waals surface area contributed by atoms with Crippen LogP contribution in [0.25, 0.3) is 32.4 Å². The van der Waals surface area contributed by atoms with Gasteiger partial charge in [0, 0.05) is 10.8 Å². The van der Waals surface area contributed by atoms with Gasteiger partial charge in [-0.15, -0.1) is 0 Å². The van der Waals surface area contributed by atoms with Crippen molar-refractivity contribution >= 4 is 32.4 Å². The van der Waals surface area contributed by atoms with Gasteiger partial charge in [0.2, 0.25) is 12.3 Å². The van der Waals surface area contributed by atoms with Crippen LogP contribution in [0, 0.1) is 0 Å². The number of nitrogens with zero attached hydrogens (tertiary/aromatic N) is 1. The smallest absolute Gasteiger partial charge is 0.231 e. The van der Waals surface area contributed by atoms with E-state index in [9.17, 15) is 0 Å². The summed E-state index contributed by atoms with van der Waals surface area (Å²) < 4.78 is 30.5. The molecule has 3 aromatic carbocycles. The number of fused-ring (bicyclic) bond motifs is 6. The molecule has 0 unspecified atom stereocenters. The minimum absolute atomic E-state index is 0.236. The maximum absolute atomic E-state index is 6.02. The van der Waals surface area contributed by atoms with Crippen molar-refractivity contribution in [1.29, 1.82) is 0 Å². The quantitative estimate of drug-likeness (QED) is 0.386. The number of ether oxygens (including phenoxy) is 5. The predicted octanol–water partition coefficient (Wildman–Crippen LogP) is 4.12. The van der Waals surface area contributed by atoms with Gasteiger partial charge in [-0.25, -0.2) is 0 Å². The zero-order chi connectivity index (χ0) is 20.1. The third-order valence-corrected chi connectivity index (χ3v) is 5.41. The van der Waals surface area contributed by atoms with Crippen LogP contribution in [0.3, 0.4) is 0 Å². The first kappa shape index (κ1) is 17.7. The molecule has 0 atom stereocenters. The van der Waals surface area contributed by atoms with Gasteiger partial charge >= 0.3 is 0 Å². The van der Waals surface area contributed by atoms with Gasteiger partial charge in [-0.2, -0.15) is 4.57 Å². The largest absolute Gasteiger partial charge is 0.493 e. The lowest BCUT2D eigenvalue weighted by Crippen LogP contribution is -2.28. The molecule has 2 heterocycles. The van der Waals surface area contributed by atoms with E-state index < -0.39 is 0 Å². The number of benzene rings is 3. The van der Waals surface area contributed by atoms with Gasteiger partial charge in [0.05, 0.1) is 37.0 Å². The fourth-order valence-corrected chi connectivity index (χ4v) is 4.20. The minimum Gasteiger partial charge on any atom is -0.493 e. The lowest BCUT2D eigenvalue weighted by atomic mass is 9.99. The average molecular weight is 392 g/mol. The van der Waals surface area contributed by atoms with Crippen LogP contribution in [0.2, 0.25) is 0 Å². The molecule has 0 radical (unpaired) electrons. The molecule has 1 aliphatic rings. The fourth-order valence-electron chi connectivity index (χ4n) is 4.20. The van der Waals surface area contributed by atoms with E-state index in [0.29, 0.717) is 18.1 Å². The van der Waals surface area contributed by atoms with Crippen molar-refractivity contribution in [3.8, 4) is 28.7 Å². The second-order valence-electron chi connectivity index (χ2n) is 6.96. The Morgan fingerprint density at radius 1 is 0.862 bits per heavy atom. The van der Waals surface area contributed by atoms with E-state index in [2.05, 4.69) is 22.9 Å². The number of aromatic nitrogens is 1. The number of rotatable bonds is 4. The molecule has 0 aliphatic carbocycles. The molecule has 5 rings (SSSR count). The molecule has 148 valence electrons. The summed E-state index contributed by atoms with van der Waals surface area (Å²) in [5.41, 5.74) is 1.08. The summed E-state index contributed by atoms with van der Waals surface area (Å²) in [7, 11) is 5.34. The fraction of sp³-hybridized carbons (Fsp3) is 0.261. The van der Waals surface area contributed by atoms with Gasteiger partial charge < -0.3 is 23.7 Å². The zero-order valence-electron chi connectivity index (χ0n) is 16.9. The van der Waals surface area contributed by atoms with Crippen LogP contribution in [0.1, 0.15) is 6.92 Å². The molecular weight excluding hydrogens is 370 g/mol. The van der Waals surface area contributed by atoms with Crippen LogP contribution in [0.5, 0.6) is 28.7 Å². The lowest BCUT2D eigenvalue weighted by molar-refractivity contribution is -0.642. The monoisotopic (exact) mass is 392 g/mol. The van der Waals surface area contributed by atoms with E-state index in [0.717, 1.165) is 49.7 Å². The van der Waals surface area contributed by atoms with Crippen LogP contribution in [0.15, 0.2) is 36.5 Å². The van der Waals surface area contributed by atoms with Gasteiger partial charge in [-0.3, -0.25) is 0 Å². The van der Waals surface area contributed by atoms with Crippen molar-refractivity contribution in [2.45, 2.75) is 6.92 Å². The molecule has 1 aliphatic heterocycles. The maximum atomic E-state index is 6.02. The maximum Gasteiger partial charge on any atom is 0.231 e. The molecule has 29 heavy (non-hydrogen) atoms. The third-order valence-electron chi connectivity index (χ3n) is 5.41. The van der Waals surface area contributed by atoms with Crippen LogP contribution in [0.4, 0.5) is 0 Å². The highest BCUT2D eigenvalue weighted by atomic mass is 16.7. The molecule has 0 bridgehead atoms. The Labute approximate surface area is 168 Å². The summed E-state index contributed by atoms with van der Waals surface area (Å²) in [5.74, 6) is 3.72. The van der Waals surface area contributed by atoms with Crippen molar-refractivity contribution in [2.24, 2.45) is 7.05 Å². The van der Waals surface area contributed by atoms with Crippen LogP contribution >= 0.6 is 0 Å². The standard InChI is InChI=1S/C23H22NO5/c1-5-27-19-9-15-13-6-7-18(25-3)23(26-4)17(13)11-24(2)22(15)16-10-21-20(8-14(16)19)28-12-29-21/h6-11H,5,12H2,1-4H3/q+1. The van der Waals surface area contributed by atoms with Crippen LogP contribution < -0.4 is 28.3 Å². The normalized spacial score (nSPS) is 12.7. The highest BCUT2D eigenvalue weighted by Crippen LogP contribution is 2.44. The van der Waals surface area contributed by atoms with Crippen molar-refractivity contribution in [3.05, 3.63) is 36.5 Å². The Bertz CT molecular complexity index is 1280. The Balaban J connectivity index is 1.97. The second-order valence-corrected chi connectivity index (χ2v) is 6.96. The summed E-state index contributed by atoms with van der Waals surface area (Å²) in [6.45, 7) is 2.79. The van der Waals surface area contributed by atoms with Gasteiger partial charge in [0.15, 0.2) is 29.2 Å². The molecule has 1 aromatic heterocycles. The van der Waals surface area contributed by atoms with Crippen molar-refractivity contribution in [2.75, 3.05) is 27.6 Å². The lowest BCUT2D eigenvalue weighted by Gasteiger charge is -2.14. The summed E-state index contributed by atoms with van der Waals surface area (Å²) in [5, 5.41) is 5.16. The Morgan fingerprint density at radius 3 is 2.28 bits per heavy atom. The van der Waals surface area contributed by atoms with Gasteiger partial charge in [0.1, 0.15) is 12.8 Å². The molecule has 6 heteroatoms. The first-order chi connectivity index (χ1) is 14.2. The predicted molar refractivity (Wildman–Crippen MR) is 111 cm³/mol. The molecule has 0 saturated carbocycles. The zero-order valence-corrected chi connectivity index (χ0v) is 16.9. The van der Waals surface area contributed by atoms with Crippen LogP contribution in [-0.2, 0) is 7.05 Å². The Kier molecular flexibility index (Phi) is 4.01. The Morgan fingerprint density at radius 2 is 1.59 bits per heavy atom. The summed E-state index contributed by atoms with van der Waals surface area (Å²) in [4.78, 5) is 0. The van der Waals surface area contributed by atoms with Crippen LogP contribution in [-0.4, -0.2) is 27.6 Å². The van der Waals surface area contributed by atoms with E-state index in [1.807, 2.05) is 32.2 Å². The molecule has 0 saturated heterocycles. The van der Waals surface area contributed by atoms with E-state index in [1.165, 1.54) is 0 Å². The summed E-state index contributed by atoms with van der Waals surface area (Å²) >= 11 is 0. The van der Waals surface area contributed by atoms with E-state index >= 15 is 0 Å². The second kappa shape index (κ2) is 6.58. The minimum atomic E-state index is 0.236. The van der Waals surface area contributed by atoms with E-state index in [4.69, 9.17) is 23.7 Å². The average Bonchev–Trinajstić information content (AvgIpc) is 3.19. The van der Waals surface area contributed by atoms with Gasteiger partial charge in [-0.1, -0.05) is 0 Å². The highest BCUT2D eigenvalue weighted by molar-refractivity contribution is 6.17. The summed E-state index contributed by atoms with van der Waals surface area (Å²) in [6, 6.07) is 10.1.